The third-order valence-electron chi connectivity index (χ3n) is 7.72. The molecule has 0 bridgehead atoms. The minimum absolute atomic E-state index is 0.00987. The third kappa shape index (κ3) is 8.81. The molecule has 12 heteroatoms. The molecule has 8 nitrogen and oxygen atoms in total. The quantitative estimate of drug-likeness (QED) is 0.235. The van der Waals surface area contributed by atoms with Crippen molar-refractivity contribution in [3.8, 4) is 5.75 Å². The van der Waals surface area contributed by atoms with E-state index in [1.54, 1.807) is 18.2 Å². The highest BCUT2D eigenvalue weighted by Crippen LogP contribution is 2.31. The Morgan fingerprint density at radius 1 is 0.932 bits per heavy atom. The Bertz CT molecular complexity index is 1550. The first-order valence-corrected chi connectivity index (χ1v) is 17.3. The summed E-state index contributed by atoms with van der Waals surface area (Å²) in [7, 11) is -2.52. The molecule has 0 aliphatic heterocycles. The highest BCUT2D eigenvalue weighted by atomic mass is 35.5. The average Bonchev–Trinajstić information content (AvgIpc) is 2.99. The zero-order valence-corrected chi connectivity index (χ0v) is 27.7. The van der Waals surface area contributed by atoms with Crippen LogP contribution in [0.2, 0.25) is 15.1 Å². The molecule has 1 aliphatic rings. The molecule has 0 radical (unpaired) electrons. The topological polar surface area (TPSA) is 96.0 Å². The van der Waals surface area contributed by atoms with Crippen LogP contribution in [-0.2, 0) is 32.6 Å². The van der Waals surface area contributed by atoms with Crippen molar-refractivity contribution in [2.75, 3.05) is 24.2 Å². The Morgan fingerprint density at radius 2 is 1.59 bits per heavy atom. The van der Waals surface area contributed by atoms with Crippen molar-refractivity contribution in [2.24, 2.45) is 0 Å². The number of nitrogens with one attached hydrogen (secondary N) is 1. The van der Waals surface area contributed by atoms with Gasteiger partial charge in [-0.2, -0.15) is 0 Å². The number of halogens is 3. The smallest absolute Gasteiger partial charge is 0.244 e. The predicted molar refractivity (Wildman–Crippen MR) is 176 cm³/mol. The molecule has 4 rings (SSSR count). The molecular formula is C32H36Cl3N3O5S. The van der Waals surface area contributed by atoms with Gasteiger partial charge >= 0.3 is 0 Å². The molecule has 0 saturated heterocycles. The number of rotatable bonds is 12. The van der Waals surface area contributed by atoms with Gasteiger partial charge in [0.1, 0.15) is 18.3 Å². The summed E-state index contributed by atoms with van der Waals surface area (Å²) in [4.78, 5) is 29.8. The molecule has 1 atom stereocenters. The first-order valence-electron chi connectivity index (χ1n) is 14.4. The van der Waals surface area contributed by atoms with Gasteiger partial charge in [-0.15, -0.1) is 0 Å². The van der Waals surface area contributed by atoms with Gasteiger partial charge in [0.2, 0.25) is 21.8 Å². The van der Waals surface area contributed by atoms with Gasteiger partial charge in [-0.05, 0) is 48.7 Å². The van der Waals surface area contributed by atoms with Gasteiger partial charge in [0.25, 0.3) is 0 Å². The van der Waals surface area contributed by atoms with Crippen molar-refractivity contribution in [1.82, 2.24) is 10.2 Å². The Balaban J connectivity index is 1.76. The molecule has 1 fully saturated rings. The first kappa shape index (κ1) is 33.9. The summed E-state index contributed by atoms with van der Waals surface area (Å²) in [6, 6.07) is 17.8. The molecule has 3 aromatic rings. The second kappa shape index (κ2) is 15.3. The summed E-state index contributed by atoms with van der Waals surface area (Å²) in [5.41, 5.74) is 1.46. The van der Waals surface area contributed by atoms with Gasteiger partial charge in [-0.3, -0.25) is 13.9 Å². The molecule has 0 heterocycles. The van der Waals surface area contributed by atoms with E-state index >= 15 is 0 Å². The summed E-state index contributed by atoms with van der Waals surface area (Å²) in [6.45, 7) is -0.709. The van der Waals surface area contributed by atoms with Crippen LogP contribution in [-0.4, -0.2) is 57.1 Å². The second-order valence-electron chi connectivity index (χ2n) is 10.9. The van der Waals surface area contributed by atoms with Crippen LogP contribution in [0.15, 0.2) is 66.7 Å². The molecule has 0 aromatic heterocycles. The molecule has 3 aromatic carbocycles. The van der Waals surface area contributed by atoms with Crippen molar-refractivity contribution in [2.45, 2.75) is 57.2 Å². The lowest BCUT2D eigenvalue weighted by Gasteiger charge is -2.35. The zero-order valence-electron chi connectivity index (χ0n) is 24.6. The summed E-state index contributed by atoms with van der Waals surface area (Å²) < 4.78 is 32.2. The third-order valence-corrected chi connectivity index (χ3v) is 9.86. The van der Waals surface area contributed by atoms with Crippen molar-refractivity contribution in [3.05, 3.63) is 92.9 Å². The number of carbonyl (C=O) groups is 2. The number of benzene rings is 3. The SMILES string of the molecule is COc1ccc(N(CC(=O)N(Cc2c(Cl)cccc2Cl)[C@H](Cc2ccccc2)C(=O)NC2CCCCC2)S(C)(=O)=O)cc1Cl. The normalized spacial score (nSPS) is 14.5. The summed E-state index contributed by atoms with van der Waals surface area (Å²) in [6.07, 6.45) is 6.06. The van der Waals surface area contributed by atoms with Crippen molar-refractivity contribution >= 4 is 62.3 Å². The largest absolute Gasteiger partial charge is 0.495 e. The fraction of sp³-hybridized carbons (Fsp3) is 0.375. The predicted octanol–water partition coefficient (Wildman–Crippen LogP) is 6.51. The number of hydrogen-bond acceptors (Lipinski definition) is 5. The highest BCUT2D eigenvalue weighted by molar-refractivity contribution is 7.92. The van der Waals surface area contributed by atoms with E-state index < -0.39 is 28.5 Å². The molecule has 1 saturated carbocycles. The summed E-state index contributed by atoms with van der Waals surface area (Å²) >= 11 is 19.4. The van der Waals surface area contributed by atoms with Gasteiger partial charge < -0.3 is 15.0 Å². The van der Waals surface area contributed by atoms with Crippen LogP contribution in [0.1, 0.15) is 43.2 Å². The van der Waals surface area contributed by atoms with Crippen LogP contribution < -0.4 is 14.4 Å². The van der Waals surface area contributed by atoms with E-state index in [2.05, 4.69) is 5.32 Å². The number of hydrogen-bond donors (Lipinski definition) is 1. The van der Waals surface area contributed by atoms with E-state index in [1.807, 2.05) is 30.3 Å². The highest BCUT2D eigenvalue weighted by Gasteiger charge is 2.35. The van der Waals surface area contributed by atoms with E-state index in [1.165, 1.54) is 30.2 Å². The molecule has 44 heavy (non-hydrogen) atoms. The monoisotopic (exact) mass is 679 g/mol. The molecule has 2 amide bonds. The maximum absolute atomic E-state index is 14.3. The Labute approximate surface area is 274 Å². The van der Waals surface area contributed by atoms with Gasteiger partial charge in [0, 0.05) is 34.6 Å². The fourth-order valence-corrected chi connectivity index (χ4v) is 6.99. The van der Waals surface area contributed by atoms with Crippen LogP contribution in [0.3, 0.4) is 0 Å². The van der Waals surface area contributed by atoms with Crippen molar-refractivity contribution < 1.29 is 22.7 Å². The standard InChI is InChI=1S/C32H36Cl3N3O5S/c1-43-30-17-16-24(19-28(30)35)38(44(2,41)42)21-31(39)37(20-25-26(33)14-9-15-27(25)34)29(18-22-10-5-3-6-11-22)32(40)36-23-12-7-4-8-13-23/h3,5-6,9-11,14-17,19,23,29H,4,7-8,12-13,18,20-21H2,1-2H3,(H,36,40)/t29-/m1/s1. The average molecular weight is 681 g/mol. The van der Waals surface area contributed by atoms with Crippen LogP contribution in [0.5, 0.6) is 5.75 Å². The number of ether oxygens (including phenoxy) is 1. The molecule has 0 unspecified atom stereocenters. The summed E-state index contributed by atoms with van der Waals surface area (Å²) in [5, 5.41) is 3.99. The Kier molecular flexibility index (Phi) is 11.8. The van der Waals surface area contributed by atoms with Gasteiger partial charge in [0.15, 0.2) is 0 Å². The first-order chi connectivity index (χ1) is 21.0. The van der Waals surface area contributed by atoms with E-state index in [-0.39, 0.29) is 35.6 Å². The minimum Gasteiger partial charge on any atom is -0.495 e. The zero-order chi connectivity index (χ0) is 31.9. The van der Waals surface area contributed by atoms with Crippen LogP contribution in [0.4, 0.5) is 5.69 Å². The number of sulfonamides is 1. The van der Waals surface area contributed by atoms with Crippen molar-refractivity contribution in [3.63, 3.8) is 0 Å². The molecule has 1 N–H and O–H groups in total. The van der Waals surface area contributed by atoms with E-state index in [4.69, 9.17) is 39.5 Å². The van der Waals surface area contributed by atoms with E-state index in [0.717, 1.165) is 48.2 Å². The van der Waals surface area contributed by atoms with E-state index in [0.29, 0.717) is 21.4 Å². The van der Waals surface area contributed by atoms with Gasteiger partial charge in [-0.1, -0.05) is 90.5 Å². The van der Waals surface area contributed by atoms with Crippen LogP contribution >= 0.6 is 34.8 Å². The Hall–Kier alpha value is -2.98. The van der Waals surface area contributed by atoms with Gasteiger partial charge in [-0.25, -0.2) is 8.42 Å². The second-order valence-corrected chi connectivity index (χ2v) is 14.0. The van der Waals surface area contributed by atoms with Crippen LogP contribution in [0, 0.1) is 0 Å². The fourth-order valence-electron chi connectivity index (χ4n) is 5.38. The van der Waals surface area contributed by atoms with Gasteiger partial charge in [0.05, 0.1) is 24.1 Å². The molecule has 236 valence electrons. The minimum atomic E-state index is -3.97. The maximum Gasteiger partial charge on any atom is 0.244 e. The lowest BCUT2D eigenvalue weighted by Crippen LogP contribution is -2.55. The number of amides is 2. The lowest BCUT2D eigenvalue weighted by atomic mass is 9.94. The molecule has 0 spiro atoms. The number of nitrogens with zero attached hydrogens (tertiary/aromatic N) is 2. The van der Waals surface area contributed by atoms with E-state index in [9.17, 15) is 18.0 Å². The summed E-state index contributed by atoms with van der Waals surface area (Å²) in [5.74, 6) is -0.582. The number of methoxy groups -OCH3 is 1. The van der Waals surface area contributed by atoms with Crippen LogP contribution in [0.25, 0.3) is 0 Å². The number of anilines is 1. The maximum atomic E-state index is 14.3. The van der Waals surface area contributed by atoms with Crippen molar-refractivity contribution in [1.29, 1.82) is 0 Å². The number of carbonyl (C=O) groups excluding carboxylic acids is 2. The lowest BCUT2D eigenvalue weighted by molar-refractivity contribution is -0.140. The Morgan fingerprint density at radius 3 is 2.18 bits per heavy atom. The molecule has 1 aliphatic carbocycles. The molecular weight excluding hydrogens is 645 g/mol.